The Balaban J connectivity index is 2.03. The second kappa shape index (κ2) is 7.50. The highest BCUT2D eigenvalue weighted by molar-refractivity contribution is 6.00. The van der Waals surface area contributed by atoms with Crippen molar-refractivity contribution in [2.24, 2.45) is 0 Å². The van der Waals surface area contributed by atoms with Crippen molar-refractivity contribution >= 4 is 33.8 Å². The van der Waals surface area contributed by atoms with Gasteiger partial charge >= 0.3 is 11.6 Å². The van der Waals surface area contributed by atoms with Gasteiger partial charge in [0.25, 0.3) is 0 Å². The van der Waals surface area contributed by atoms with Crippen molar-refractivity contribution in [3.05, 3.63) is 45.0 Å². The van der Waals surface area contributed by atoms with Crippen LogP contribution in [0.5, 0.6) is 0 Å². The van der Waals surface area contributed by atoms with Gasteiger partial charge in [-0.1, -0.05) is 13.3 Å². The fourth-order valence-electron chi connectivity index (χ4n) is 3.47. The first-order valence-electron chi connectivity index (χ1n) is 9.20. The van der Waals surface area contributed by atoms with E-state index in [0.717, 1.165) is 21.9 Å². The van der Waals surface area contributed by atoms with Crippen LogP contribution < -0.4 is 10.9 Å². The number of hydrogen-bond acceptors (Lipinski definition) is 5. The fourth-order valence-corrected chi connectivity index (χ4v) is 3.47. The molecule has 0 aliphatic heterocycles. The van der Waals surface area contributed by atoms with E-state index >= 15 is 0 Å². The molecule has 2 N–H and O–H groups in total. The molecule has 0 spiro atoms. The number of fused-ring (bicyclic) bond motifs is 2. The number of carboxylic acids is 1. The van der Waals surface area contributed by atoms with Crippen LogP contribution in [0.2, 0.25) is 0 Å². The van der Waals surface area contributed by atoms with Crippen molar-refractivity contribution in [1.82, 2.24) is 5.32 Å². The van der Waals surface area contributed by atoms with Gasteiger partial charge in [-0.2, -0.15) is 0 Å². The molecule has 1 amide bonds. The van der Waals surface area contributed by atoms with Crippen LogP contribution >= 0.6 is 0 Å². The number of hydrogen-bond donors (Lipinski definition) is 2. The number of carboxylic acid groups (broad SMARTS) is 1. The highest BCUT2D eigenvalue weighted by Gasteiger charge is 2.22. The number of amides is 1. The molecule has 3 aromatic rings. The molecule has 3 rings (SSSR count). The van der Waals surface area contributed by atoms with Crippen LogP contribution in [0, 0.1) is 20.8 Å². The molecular weight excluding hydrogens is 362 g/mol. The van der Waals surface area contributed by atoms with E-state index in [1.165, 1.54) is 0 Å². The maximum atomic E-state index is 12.5. The van der Waals surface area contributed by atoms with Gasteiger partial charge in [-0.05, 0) is 44.4 Å². The highest BCUT2D eigenvalue weighted by Crippen LogP contribution is 2.32. The van der Waals surface area contributed by atoms with E-state index in [4.69, 9.17) is 8.83 Å². The molecule has 0 saturated heterocycles. The minimum atomic E-state index is -1.09. The fraction of sp³-hybridized carbons (Fsp3) is 0.381. The van der Waals surface area contributed by atoms with Gasteiger partial charge in [0.1, 0.15) is 17.2 Å². The zero-order chi connectivity index (χ0) is 20.6. The average molecular weight is 385 g/mol. The SMILES string of the molecule is CCC[C@@H](NC(=O)Cc1c(C)c2cc3c(C)coc3c(C)c2oc1=O)C(=O)O. The van der Waals surface area contributed by atoms with Gasteiger partial charge in [0.2, 0.25) is 5.91 Å². The molecule has 2 aromatic heterocycles. The number of aliphatic carboxylic acids is 1. The predicted octanol–water partition coefficient (Wildman–Crippen LogP) is 3.38. The molecule has 0 aliphatic rings. The number of furan rings is 1. The number of aryl methyl sites for hydroxylation is 3. The summed E-state index contributed by atoms with van der Waals surface area (Å²) >= 11 is 0. The van der Waals surface area contributed by atoms with Gasteiger partial charge in [0, 0.05) is 16.3 Å². The lowest BCUT2D eigenvalue weighted by Gasteiger charge is -2.14. The van der Waals surface area contributed by atoms with Crippen molar-refractivity contribution in [3.63, 3.8) is 0 Å². The highest BCUT2D eigenvalue weighted by atomic mass is 16.4. The Morgan fingerprint density at radius 3 is 2.50 bits per heavy atom. The van der Waals surface area contributed by atoms with E-state index < -0.39 is 23.5 Å². The van der Waals surface area contributed by atoms with E-state index in [1.807, 2.05) is 26.8 Å². The summed E-state index contributed by atoms with van der Waals surface area (Å²) in [5.41, 5.74) is 3.07. The lowest BCUT2D eigenvalue weighted by atomic mass is 9.99. The summed E-state index contributed by atoms with van der Waals surface area (Å²) in [5.74, 6) is -1.61. The van der Waals surface area contributed by atoms with Crippen molar-refractivity contribution in [3.8, 4) is 0 Å². The van der Waals surface area contributed by atoms with Crippen LogP contribution in [0.4, 0.5) is 0 Å². The number of rotatable bonds is 6. The number of carbonyl (C=O) groups excluding carboxylic acids is 1. The summed E-state index contributed by atoms with van der Waals surface area (Å²) in [6.45, 7) is 7.36. The van der Waals surface area contributed by atoms with Crippen LogP contribution in [0.1, 0.15) is 42.0 Å². The van der Waals surface area contributed by atoms with Gasteiger partial charge < -0.3 is 19.3 Å². The topological polar surface area (TPSA) is 110 Å². The third-order valence-corrected chi connectivity index (χ3v) is 5.08. The smallest absolute Gasteiger partial charge is 0.340 e. The van der Waals surface area contributed by atoms with E-state index in [1.54, 1.807) is 13.2 Å². The number of benzene rings is 1. The molecule has 0 fully saturated rings. The molecule has 1 atom stereocenters. The lowest BCUT2D eigenvalue weighted by Crippen LogP contribution is -2.41. The number of nitrogens with one attached hydrogen (secondary N) is 1. The van der Waals surface area contributed by atoms with Crippen LogP contribution in [-0.4, -0.2) is 23.0 Å². The molecule has 28 heavy (non-hydrogen) atoms. The van der Waals surface area contributed by atoms with Gasteiger partial charge in [-0.15, -0.1) is 0 Å². The maximum Gasteiger partial charge on any atom is 0.340 e. The molecule has 7 heteroatoms. The van der Waals surface area contributed by atoms with Crippen molar-refractivity contribution < 1.29 is 23.5 Å². The Labute approximate surface area is 161 Å². The summed E-state index contributed by atoms with van der Waals surface area (Å²) in [4.78, 5) is 36.2. The minimum absolute atomic E-state index is 0.227. The Bertz CT molecular complexity index is 1140. The Morgan fingerprint density at radius 1 is 1.14 bits per heavy atom. The van der Waals surface area contributed by atoms with Crippen LogP contribution in [0.3, 0.4) is 0 Å². The zero-order valence-corrected chi connectivity index (χ0v) is 16.3. The molecule has 148 valence electrons. The molecule has 0 unspecified atom stereocenters. The number of carbonyl (C=O) groups is 2. The van der Waals surface area contributed by atoms with Crippen molar-refractivity contribution in [2.45, 2.75) is 53.0 Å². The van der Waals surface area contributed by atoms with Crippen LogP contribution in [-0.2, 0) is 16.0 Å². The normalized spacial score (nSPS) is 12.4. The Hall–Kier alpha value is -3.09. The second-order valence-electron chi connectivity index (χ2n) is 7.09. The first-order valence-corrected chi connectivity index (χ1v) is 9.20. The van der Waals surface area contributed by atoms with Crippen LogP contribution in [0.15, 0.2) is 26.0 Å². The monoisotopic (exact) mass is 385 g/mol. The molecule has 0 saturated carbocycles. The molecular formula is C21H23NO6. The van der Waals surface area contributed by atoms with Gasteiger partial charge in [0.05, 0.1) is 18.2 Å². The zero-order valence-electron chi connectivity index (χ0n) is 16.3. The van der Waals surface area contributed by atoms with Gasteiger partial charge in [-0.25, -0.2) is 9.59 Å². The van der Waals surface area contributed by atoms with E-state index in [2.05, 4.69) is 5.32 Å². The van der Waals surface area contributed by atoms with Gasteiger partial charge in [0.15, 0.2) is 0 Å². The standard InChI is InChI=1S/C21H23NO6/c1-5-6-16(20(24)25)22-17(23)8-15-11(3)14-7-13-10(2)9-27-18(13)12(4)19(14)28-21(15)26/h7,9,16H,5-6,8H2,1-4H3,(H,22,23)(H,24,25)/t16-/m1/s1. The summed E-state index contributed by atoms with van der Waals surface area (Å²) in [6, 6.07) is 0.925. The third kappa shape index (κ3) is 3.40. The molecule has 7 nitrogen and oxygen atoms in total. The first-order chi connectivity index (χ1) is 13.2. The molecule has 0 bridgehead atoms. The molecule has 0 aliphatic carbocycles. The summed E-state index contributed by atoms with van der Waals surface area (Å²) in [7, 11) is 0. The summed E-state index contributed by atoms with van der Waals surface area (Å²) < 4.78 is 11.1. The summed E-state index contributed by atoms with van der Waals surface area (Å²) in [5, 5.41) is 13.3. The third-order valence-electron chi connectivity index (χ3n) is 5.08. The summed E-state index contributed by atoms with van der Waals surface area (Å²) in [6.07, 6.45) is 2.36. The quantitative estimate of drug-likeness (QED) is 0.630. The lowest BCUT2D eigenvalue weighted by molar-refractivity contribution is -0.141. The second-order valence-corrected chi connectivity index (χ2v) is 7.09. The first kappa shape index (κ1) is 19.7. The molecule has 2 heterocycles. The predicted molar refractivity (Wildman–Crippen MR) is 105 cm³/mol. The largest absolute Gasteiger partial charge is 0.480 e. The van der Waals surface area contributed by atoms with Gasteiger partial charge in [-0.3, -0.25) is 4.79 Å². The van der Waals surface area contributed by atoms with Crippen LogP contribution in [0.25, 0.3) is 21.9 Å². The maximum absolute atomic E-state index is 12.5. The van der Waals surface area contributed by atoms with Crippen molar-refractivity contribution in [2.75, 3.05) is 0 Å². The molecule has 1 aromatic carbocycles. The van der Waals surface area contributed by atoms with Crippen molar-refractivity contribution in [1.29, 1.82) is 0 Å². The van der Waals surface area contributed by atoms with E-state index in [0.29, 0.717) is 29.6 Å². The average Bonchev–Trinajstić information content (AvgIpc) is 3.01. The minimum Gasteiger partial charge on any atom is -0.480 e. The Morgan fingerprint density at radius 2 is 1.86 bits per heavy atom. The molecule has 0 radical (unpaired) electrons. The van der Waals surface area contributed by atoms with E-state index in [-0.39, 0.29) is 12.0 Å². The Kier molecular flexibility index (Phi) is 5.27. The van der Waals surface area contributed by atoms with E-state index in [9.17, 15) is 19.5 Å².